The highest BCUT2D eigenvalue weighted by Gasteiger charge is 2.05. The molecule has 0 spiro atoms. The third-order valence-electron chi connectivity index (χ3n) is 2.42. The van der Waals surface area contributed by atoms with E-state index in [1.165, 1.54) is 6.42 Å². The fraction of sp³-hybridized carbons (Fsp3) is 1.00. The van der Waals surface area contributed by atoms with Gasteiger partial charge in [-0.25, -0.2) is 0 Å². The fourth-order valence-corrected chi connectivity index (χ4v) is 1.10. The fourth-order valence-electron chi connectivity index (χ4n) is 1.10. The molecule has 2 atom stereocenters. The van der Waals surface area contributed by atoms with Crippen LogP contribution in [0.4, 0.5) is 0 Å². The van der Waals surface area contributed by atoms with E-state index >= 15 is 0 Å². The lowest BCUT2D eigenvalue weighted by Gasteiger charge is -2.23. The van der Waals surface area contributed by atoms with Gasteiger partial charge in [0.2, 0.25) is 0 Å². The first-order chi connectivity index (χ1) is 6.07. The molecule has 0 saturated carbocycles. The second-order valence-corrected chi connectivity index (χ2v) is 3.79. The van der Waals surface area contributed by atoms with Crippen LogP contribution in [0, 0.1) is 0 Å². The minimum absolute atomic E-state index is 0.242. The summed E-state index contributed by atoms with van der Waals surface area (Å²) < 4.78 is 0. The molecule has 0 aromatic carbocycles. The third kappa shape index (κ3) is 6.99. The molecule has 0 heterocycles. The first-order valence-corrected chi connectivity index (χ1v) is 5.17. The Morgan fingerprint density at radius 3 is 2.46 bits per heavy atom. The van der Waals surface area contributed by atoms with Crippen molar-refractivity contribution in [3.8, 4) is 0 Å². The van der Waals surface area contributed by atoms with Gasteiger partial charge in [-0.15, -0.1) is 0 Å². The molecule has 0 aliphatic carbocycles. The molecule has 0 bridgehead atoms. The minimum Gasteiger partial charge on any atom is -0.392 e. The van der Waals surface area contributed by atoms with E-state index in [9.17, 15) is 0 Å². The van der Waals surface area contributed by atoms with Crippen molar-refractivity contribution >= 4 is 0 Å². The number of aliphatic hydroxyl groups excluding tert-OH is 1. The zero-order valence-electron chi connectivity index (χ0n) is 9.38. The van der Waals surface area contributed by atoms with Crippen LogP contribution in [0.1, 0.15) is 27.2 Å². The molecule has 0 saturated heterocycles. The molecular formula is C10H24N2O. The van der Waals surface area contributed by atoms with Crippen molar-refractivity contribution < 1.29 is 5.11 Å². The number of rotatable bonds is 7. The minimum atomic E-state index is -0.242. The maximum absolute atomic E-state index is 9.00. The highest BCUT2D eigenvalue weighted by molar-refractivity contribution is 4.62. The number of likely N-dealkylation sites (N-methyl/N-ethyl adjacent to an activating group) is 1. The predicted molar refractivity (Wildman–Crippen MR) is 56.9 cm³/mol. The van der Waals surface area contributed by atoms with Crippen molar-refractivity contribution in [3.63, 3.8) is 0 Å². The van der Waals surface area contributed by atoms with Crippen LogP contribution in [0.15, 0.2) is 0 Å². The van der Waals surface area contributed by atoms with Crippen LogP contribution in [0.25, 0.3) is 0 Å². The Balaban J connectivity index is 3.31. The van der Waals surface area contributed by atoms with Gasteiger partial charge < -0.3 is 15.3 Å². The molecule has 0 radical (unpaired) electrons. The van der Waals surface area contributed by atoms with Gasteiger partial charge >= 0.3 is 0 Å². The molecule has 0 amide bonds. The summed E-state index contributed by atoms with van der Waals surface area (Å²) in [6.07, 6.45) is 0.946. The summed E-state index contributed by atoms with van der Waals surface area (Å²) in [7, 11) is 2.14. The maximum Gasteiger partial charge on any atom is 0.0636 e. The lowest BCUT2D eigenvalue weighted by atomic mass is 10.2. The van der Waals surface area contributed by atoms with Gasteiger partial charge in [-0.05, 0) is 27.3 Å². The van der Waals surface area contributed by atoms with Crippen molar-refractivity contribution in [1.82, 2.24) is 10.2 Å². The summed E-state index contributed by atoms with van der Waals surface area (Å²) in [5.74, 6) is 0. The van der Waals surface area contributed by atoms with Gasteiger partial charge in [0.1, 0.15) is 0 Å². The Bertz CT molecular complexity index is 117. The molecule has 0 rings (SSSR count). The van der Waals surface area contributed by atoms with Crippen molar-refractivity contribution in [2.75, 3.05) is 26.7 Å². The van der Waals surface area contributed by atoms with E-state index in [1.807, 2.05) is 0 Å². The summed E-state index contributed by atoms with van der Waals surface area (Å²) in [4.78, 5) is 2.33. The van der Waals surface area contributed by atoms with Crippen LogP contribution in [-0.2, 0) is 0 Å². The number of hydrogen-bond acceptors (Lipinski definition) is 3. The predicted octanol–water partition coefficient (Wildman–Crippen LogP) is 0.687. The maximum atomic E-state index is 9.00. The Morgan fingerprint density at radius 1 is 1.38 bits per heavy atom. The lowest BCUT2D eigenvalue weighted by Crippen LogP contribution is -2.36. The highest BCUT2D eigenvalue weighted by atomic mass is 16.3. The molecule has 0 aromatic rings. The zero-order valence-corrected chi connectivity index (χ0v) is 9.38. The van der Waals surface area contributed by atoms with Crippen LogP contribution in [0.5, 0.6) is 0 Å². The number of aliphatic hydroxyl groups is 1. The molecule has 0 aromatic heterocycles. The number of hydrogen-bond donors (Lipinski definition) is 2. The molecule has 0 fully saturated rings. The molecule has 80 valence electrons. The van der Waals surface area contributed by atoms with Crippen LogP contribution in [-0.4, -0.2) is 48.8 Å². The molecule has 13 heavy (non-hydrogen) atoms. The Labute approximate surface area is 82.1 Å². The van der Waals surface area contributed by atoms with Crippen molar-refractivity contribution in [3.05, 3.63) is 0 Å². The summed E-state index contributed by atoms with van der Waals surface area (Å²) >= 11 is 0. The highest BCUT2D eigenvalue weighted by Crippen LogP contribution is 1.97. The van der Waals surface area contributed by atoms with Gasteiger partial charge in [-0.3, -0.25) is 0 Å². The first-order valence-electron chi connectivity index (χ1n) is 5.17. The van der Waals surface area contributed by atoms with Crippen molar-refractivity contribution in [2.45, 2.75) is 39.3 Å². The summed E-state index contributed by atoms with van der Waals surface area (Å²) in [5.41, 5.74) is 0. The molecule has 3 heteroatoms. The number of nitrogens with zero attached hydrogens (tertiary/aromatic N) is 1. The summed E-state index contributed by atoms with van der Waals surface area (Å²) in [6, 6.07) is 0.647. The molecular weight excluding hydrogens is 164 g/mol. The van der Waals surface area contributed by atoms with Gasteiger partial charge in [0, 0.05) is 25.7 Å². The second kappa shape index (κ2) is 7.30. The van der Waals surface area contributed by atoms with Gasteiger partial charge in [-0.1, -0.05) is 6.92 Å². The van der Waals surface area contributed by atoms with E-state index < -0.39 is 0 Å². The van der Waals surface area contributed by atoms with E-state index in [1.54, 1.807) is 6.92 Å². The summed E-state index contributed by atoms with van der Waals surface area (Å²) in [5, 5.41) is 12.2. The molecule has 2 N–H and O–H groups in total. The first kappa shape index (κ1) is 12.9. The zero-order chi connectivity index (χ0) is 10.3. The van der Waals surface area contributed by atoms with E-state index in [4.69, 9.17) is 5.11 Å². The average Bonchev–Trinajstić information content (AvgIpc) is 2.10. The summed E-state index contributed by atoms with van der Waals surface area (Å²) in [6.45, 7) is 8.91. The lowest BCUT2D eigenvalue weighted by molar-refractivity contribution is 0.186. The Morgan fingerprint density at radius 2 is 2.00 bits per heavy atom. The standard InChI is InChI=1S/C10H24N2O/c1-5-9(2)12(4)7-6-11-8-10(3)13/h9-11,13H,5-8H2,1-4H3/t9?,10-/m0/s1. The smallest absolute Gasteiger partial charge is 0.0636 e. The van der Waals surface area contributed by atoms with E-state index in [0.29, 0.717) is 12.6 Å². The molecule has 1 unspecified atom stereocenters. The van der Waals surface area contributed by atoms with Crippen LogP contribution in [0.2, 0.25) is 0 Å². The number of nitrogens with one attached hydrogen (secondary N) is 1. The molecule has 0 aliphatic heterocycles. The van der Waals surface area contributed by atoms with E-state index in [0.717, 1.165) is 13.1 Å². The van der Waals surface area contributed by atoms with Crippen molar-refractivity contribution in [1.29, 1.82) is 0 Å². The van der Waals surface area contributed by atoms with Gasteiger partial charge in [0.05, 0.1) is 6.10 Å². The largest absolute Gasteiger partial charge is 0.392 e. The van der Waals surface area contributed by atoms with Crippen LogP contribution < -0.4 is 5.32 Å². The van der Waals surface area contributed by atoms with Crippen molar-refractivity contribution in [2.24, 2.45) is 0 Å². The second-order valence-electron chi connectivity index (χ2n) is 3.79. The Hall–Kier alpha value is -0.120. The normalized spacial score (nSPS) is 16.2. The van der Waals surface area contributed by atoms with Gasteiger partial charge in [-0.2, -0.15) is 0 Å². The SMILES string of the molecule is CCC(C)N(C)CCNC[C@H](C)O. The van der Waals surface area contributed by atoms with Crippen LogP contribution >= 0.6 is 0 Å². The molecule has 3 nitrogen and oxygen atoms in total. The van der Waals surface area contributed by atoms with Gasteiger partial charge in [0.25, 0.3) is 0 Å². The molecule has 0 aliphatic rings. The monoisotopic (exact) mass is 188 g/mol. The quantitative estimate of drug-likeness (QED) is 0.577. The van der Waals surface area contributed by atoms with E-state index in [2.05, 4.69) is 31.1 Å². The van der Waals surface area contributed by atoms with Gasteiger partial charge in [0.15, 0.2) is 0 Å². The average molecular weight is 188 g/mol. The van der Waals surface area contributed by atoms with E-state index in [-0.39, 0.29) is 6.10 Å². The van der Waals surface area contributed by atoms with Crippen LogP contribution in [0.3, 0.4) is 0 Å². The third-order valence-corrected chi connectivity index (χ3v) is 2.42. The topological polar surface area (TPSA) is 35.5 Å². The Kier molecular flexibility index (Phi) is 7.23.